The van der Waals surface area contributed by atoms with Crippen LogP contribution in [0.4, 0.5) is 11.5 Å². The standard InChI is InChI=1S/C14H24N4/c1-3-6-11-12-13(18(2)17-11)16-14(9-10-15-12)7-4-5-8-14/h15-16H,3-10H2,1-2H3. The summed E-state index contributed by atoms with van der Waals surface area (Å²) >= 11 is 0. The maximum Gasteiger partial charge on any atom is 0.148 e. The minimum absolute atomic E-state index is 0.329. The number of aryl methyl sites for hydroxylation is 2. The molecule has 1 saturated carbocycles. The van der Waals surface area contributed by atoms with Crippen molar-refractivity contribution in [2.24, 2.45) is 7.05 Å². The summed E-state index contributed by atoms with van der Waals surface area (Å²) in [7, 11) is 2.06. The summed E-state index contributed by atoms with van der Waals surface area (Å²) < 4.78 is 2.03. The maximum absolute atomic E-state index is 4.67. The topological polar surface area (TPSA) is 41.9 Å². The Balaban J connectivity index is 1.94. The molecule has 0 aromatic carbocycles. The van der Waals surface area contributed by atoms with Gasteiger partial charge >= 0.3 is 0 Å². The molecule has 4 heteroatoms. The van der Waals surface area contributed by atoms with Gasteiger partial charge in [-0.3, -0.25) is 4.68 Å². The lowest BCUT2D eigenvalue weighted by atomic mass is 9.93. The van der Waals surface area contributed by atoms with Gasteiger partial charge in [-0.15, -0.1) is 0 Å². The summed E-state index contributed by atoms with van der Waals surface area (Å²) in [5.41, 5.74) is 2.80. The smallest absolute Gasteiger partial charge is 0.148 e. The van der Waals surface area contributed by atoms with Crippen LogP contribution >= 0.6 is 0 Å². The summed E-state index contributed by atoms with van der Waals surface area (Å²) in [5, 5.41) is 12.1. The second kappa shape index (κ2) is 4.48. The lowest BCUT2D eigenvalue weighted by Crippen LogP contribution is -2.36. The molecule has 1 aromatic heterocycles. The average molecular weight is 248 g/mol. The number of fused-ring (bicyclic) bond motifs is 1. The van der Waals surface area contributed by atoms with E-state index in [9.17, 15) is 0 Å². The highest BCUT2D eigenvalue weighted by Crippen LogP contribution is 2.40. The van der Waals surface area contributed by atoms with Gasteiger partial charge in [0.15, 0.2) is 0 Å². The normalized spacial score (nSPS) is 21.2. The number of anilines is 2. The third-order valence-corrected chi connectivity index (χ3v) is 4.46. The Bertz CT molecular complexity index is 429. The Kier molecular flexibility index (Phi) is 2.96. The van der Waals surface area contributed by atoms with Crippen LogP contribution in [0.5, 0.6) is 0 Å². The fraction of sp³-hybridized carbons (Fsp3) is 0.786. The van der Waals surface area contributed by atoms with Crippen molar-refractivity contribution in [2.75, 3.05) is 17.2 Å². The molecule has 1 aliphatic heterocycles. The second-order valence-electron chi connectivity index (χ2n) is 5.83. The molecule has 1 aromatic rings. The third-order valence-electron chi connectivity index (χ3n) is 4.46. The molecule has 1 spiro atoms. The number of aromatic nitrogens is 2. The van der Waals surface area contributed by atoms with E-state index in [1.54, 1.807) is 0 Å². The first kappa shape index (κ1) is 11.9. The highest BCUT2D eigenvalue weighted by atomic mass is 15.3. The Morgan fingerprint density at radius 1 is 1.28 bits per heavy atom. The molecule has 2 aliphatic rings. The molecule has 3 rings (SSSR count). The van der Waals surface area contributed by atoms with Crippen molar-refractivity contribution in [2.45, 2.75) is 57.4 Å². The van der Waals surface area contributed by atoms with Crippen LogP contribution in [0, 0.1) is 0 Å². The van der Waals surface area contributed by atoms with E-state index in [2.05, 4.69) is 29.7 Å². The summed E-state index contributed by atoms with van der Waals surface area (Å²) in [5.74, 6) is 1.21. The van der Waals surface area contributed by atoms with E-state index in [-0.39, 0.29) is 0 Å². The number of hydrogen-bond donors (Lipinski definition) is 2. The zero-order valence-electron chi connectivity index (χ0n) is 11.6. The first-order chi connectivity index (χ1) is 8.74. The van der Waals surface area contributed by atoms with Crippen molar-refractivity contribution in [1.29, 1.82) is 0 Å². The van der Waals surface area contributed by atoms with Gasteiger partial charge in [-0.2, -0.15) is 5.10 Å². The van der Waals surface area contributed by atoms with Gasteiger partial charge in [0.25, 0.3) is 0 Å². The highest BCUT2D eigenvalue weighted by molar-refractivity contribution is 5.70. The summed E-state index contributed by atoms with van der Waals surface area (Å²) in [6.45, 7) is 3.28. The van der Waals surface area contributed by atoms with Crippen LogP contribution in [-0.2, 0) is 13.5 Å². The van der Waals surface area contributed by atoms with E-state index < -0.39 is 0 Å². The van der Waals surface area contributed by atoms with Gasteiger partial charge in [0, 0.05) is 19.1 Å². The van der Waals surface area contributed by atoms with Gasteiger partial charge in [0.2, 0.25) is 0 Å². The predicted molar refractivity (Wildman–Crippen MR) is 75.1 cm³/mol. The van der Waals surface area contributed by atoms with Crippen molar-refractivity contribution in [3.63, 3.8) is 0 Å². The van der Waals surface area contributed by atoms with Crippen molar-refractivity contribution in [1.82, 2.24) is 9.78 Å². The number of nitrogens with one attached hydrogen (secondary N) is 2. The zero-order valence-corrected chi connectivity index (χ0v) is 11.6. The van der Waals surface area contributed by atoms with Crippen LogP contribution in [0.25, 0.3) is 0 Å². The molecule has 18 heavy (non-hydrogen) atoms. The Morgan fingerprint density at radius 2 is 2.06 bits per heavy atom. The fourth-order valence-electron chi connectivity index (χ4n) is 3.49. The Labute approximate surface area is 109 Å². The Hall–Kier alpha value is -1.19. The molecular weight excluding hydrogens is 224 g/mol. The van der Waals surface area contributed by atoms with Gasteiger partial charge in [-0.1, -0.05) is 26.2 Å². The molecule has 100 valence electrons. The zero-order chi connectivity index (χ0) is 12.6. The lowest BCUT2D eigenvalue weighted by molar-refractivity contribution is 0.456. The molecule has 2 heterocycles. The van der Waals surface area contributed by atoms with Gasteiger partial charge < -0.3 is 10.6 Å². The van der Waals surface area contributed by atoms with Crippen LogP contribution in [0.3, 0.4) is 0 Å². The number of hydrogen-bond acceptors (Lipinski definition) is 3. The third kappa shape index (κ3) is 1.88. The van der Waals surface area contributed by atoms with Crippen molar-refractivity contribution >= 4 is 11.5 Å². The van der Waals surface area contributed by atoms with E-state index >= 15 is 0 Å². The predicted octanol–water partition coefficient (Wildman–Crippen LogP) is 2.91. The molecule has 2 N–H and O–H groups in total. The number of nitrogens with zero attached hydrogens (tertiary/aromatic N) is 2. The quantitative estimate of drug-likeness (QED) is 0.845. The molecule has 1 fully saturated rings. The van der Waals surface area contributed by atoms with Crippen LogP contribution in [0.2, 0.25) is 0 Å². The monoisotopic (exact) mass is 248 g/mol. The average Bonchev–Trinajstić information content (AvgIpc) is 2.83. The van der Waals surface area contributed by atoms with Crippen molar-refractivity contribution < 1.29 is 0 Å². The minimum atomic E-state index is 0.329. The summed E-state index contributed by atoms with van der Waals surface area (Å²) in [6.07, 6.45) is 8.78. The van der Waals surface area contributed by atoms with Crippen molar-refractivity contribution in [3.05, 3.63) is 5.69 Å². The lowest BCUT2D eigenvalue weighted by Gasteiger charge is -2.29. The second-order valence-corrected chi connectivity index (χ2v) is 5.83. The SMILES string of the molecule is CCCc1nn(C)c2c1NCCC1(CCCC1)N2. The number of rotatable bonds is 2. The molecule has 0 saturated heterocycles. The van der Waals surface area contributed by atoms with E-state index in [1.165, 1.54) is 49.3 Å². The van der Waals surface area contributed by atoms with Crippen LogP contribution in [-0.4, -0.2) is 21.9 Å². The summed E-state index contributed by atoms with van der Waals surface area (Å²) in [4.78, 5) is 0. The van der Waals surface area contributed by atoms with Crippen molar-refractivity contribution in [3.8, 4) is 0 Å². The molecule has 4 nitrogen and oxygen atoms in total. The van der Waals surface area contributed by atoms with Gasteiger partial charge in [0.1, 0.15) is 11.5 Å². The first-order valence-corrected chi connectivity index (χ1v) is 7.32. The van der Waals surface area contributed by atoms with Crippen LogP contribution in [0.1, 0.15) is 51.1 Å². The Morgan fingerprint density at radius 3 is 2.78 bits per heavy atom. The minimum Gasteiger partial charge on any atom is -0.380 e. The maximum atomic E-state index is 4.67. The molecule has 0 amide bonds. The van der Waals surface area contributed by atoms with E-state index in [0.29, 0.717) is 5.54 Å². The molecule has 0 atom stereocenters. The molecule has 0 radical (unpaired) electrons. The van der Waals surface area contributed by atoms with Gasteiger partial charge in [0.05, 0.1) is 5.69 Å². The van der Waals surface area contributed by atoms with E-state index in [0.717, 1.165) is 19.4 Å². The molecular formula is C14H24N4. The van der Waals surface area contributed by atoms with Crippen LogP contribution < -0.4 is 10.6 Å². The largest absolute Gasteiger partial charge is 0.380 e. The highest BCUT2D eigenvalue weighted by Gasteiger charge is 2.37. The van der Waals surface area contributed by atoms with E-state index in [4.69, 9.17) is 0 Å². The van der Waals surface area contributed by atoms with Gasteiger partial charge in [-0.25, -0.2) is 0 Å². The fourth-order valence-corrected chi connectivity index (χ4v) is 3.49. The van der Waals surface area contributed by atoms with Gasteiger partial charge in [-0.05, 0) is 25.7 Å². The molecule has 0 unspecified atom stereocenters. The summed E-state index contributed by atoms with van der Waals surface area (Å²) in [6, 6.07) is 0. The van der Waals surface area contributed by atoms with Crippen LogP contribution in [0.15, 0.2) is 0 Å². The first-order valence-electron chi connectivity index (χ1n) is 7.32. The molecule has 0 bridgehead atoms. The molecule has 1 aliphatic carbocycles. The van der Waals surface area contributed by atoms with E-state index in [1.807, 2.05) is 4.68 Å².